The Morgan fingerprint density at radius 3 is 2.65 bits per heavy atom. The van der Waals surface area contributed by atoms with Gasteiger partial charge in [-0.2, -0.15) is 0 Å². The van der Waals surface area contributed by atoms with Crippen molar-refractivity contribution in [3.05, 3.63) is 11.8 Å². The Balaban J connectivity index is 2.56. The lowest BCUT2D eigenvalue weighted by molar-refractivity contribution is -0.139. The van der Waals surface area contributed by atoms with Crippen molar-refractivity contribution in [1.29, 1.82) is 0 Å². The molecule has 0 unspecified atom stereocenters. The fourth-order valence-electron chi connectivity index (χ4n) is 1.53. The largest absolute Gasteiger partial charge is 0.481 e. The average molecular weight is 242 g/mol. The monoisotopic (exact) mass is 242 g/mol. The van der Waals surface area contributed by atoms with Gasteiger partial charge in [-0.3, -0.25) is 4.79 Å². The topological polar surface area (TPSA) is 85.5 Å². The Hall–Kier alpha value is -1.43. The molecule has 0 aliphatic heterocycles. The van der Waals surface area contributed by atoms with Crippen molar-refractivity contribution in [2.75, 3.05) is 13.7 Å². The zero-order valence-electron chi connectivity index (χ0n) is 10.4. The van der Waals surface area contributed by atoms with Crippen LogP contribution < -0.4 is 0 Å². The highest BCUT2D eigenvalue weighted by molar-refractivity contribution is 5.67. The Morgan fingerprint density at radius 2 is 2.06 bits per heavy atom. The van der Waals surface area contributed by atoms with E-state index in [2.05, 4.69) is 10.2 Å². The lowest BCUT2D eigenvalue weighted by Gasteiger charge is -2.19. The molecule has 6 nitrogen and oxygen atoms in total. The first-order valence-corrected chi connectivity index (χ1v) is 5.45. The van der Waals surface area contributed by atoms with Crippen molar-refractivity contribution in [2.24, 2.45) is 5.41 Å². The molecule has 0 aromatic carbocycles. The van der Waals surface area contributed by atoms with E-state index in [1.54, 1.807) is 7.11 Å². The Labute approximate surface area is 100.0 Å². The molecule has 1 rings (SSSR count). The van der Waals surface area contributed by atoms with E-state index in [1.165, 1.54) is 0 Å². The van der Waals surface area contributed by atoms with Gasteiger partial charge in [-0.25, -0.2) is 0 Å². The smallest absolute Gasteiger partial charge is 0.303 e. The maximum absolute atomic E-state index is 10.7. The second-order valence-electron chi connectivity index (χ2n) is 4.74. The second kappa shape index (κ2) is 5.77. The zero-order chi connectivity index (χ0) is 12.9. The normalized spacial score (nSPS) is 11.7. The van der Waals surface area contributed by atoms with Crippen LogP contribution in [0.2, 0.25) is 0 Å². The number of carboxylic acids is 1. The second-order valence-corrected chi connectivity index (χ2v) is 4.74. The Bertz CT molecular complexity index is 373. The molecule has 0 spiro atoms. The third-order valence-electron chi connectivity index (χ3n) is 2.29. The first kappa shape index (κ1) is 13.6. The van der Waals surface area contributed by atoms with E-state index in [0.29, 0.717) is 31.2 Å². The third kappa shape index (κ3) is 4.95. The van der Waals surface area contributed by atoms with Gasteiger partial charge in [0.05, 0.1) is 13.0 Å². The predicted molar refractivity (Wildman–Crippen MR) is 59.6 cm³/mol. The number of rotatable bonds is 7. The molecule has 1 aromatic heterocycles. The molecule has 0 aliphatic carbocycles. The molecule has 1 heterocycles. The molecule has 0 bridgehead atoms. The van der Waals surface area contributed by atoms with E-state index < -0.39 is 11.4 Å². The fourth-order valence-corrected chi connectivity index (χ4v) is 1.53. The zero-order valence-corrected chi connectivity index (χ0v) is 10.4. The van der Waals surface area contributed by atoms with E-state index in [-0.39, 0.29) is 6.42 Å². The number of hydrogen-bond acceptors (Lipinski definition) is 5. The highest BCUT2D eigenvalue weighted by Gasteiger charge is 2.25. The van der Waals surface area contributed by atoms with Crippen LogP contribution in [0.25, 0.3) is 0 Å². The summed E-state index contributed by atoms with van der Waals surface area (Å²) in [5.74, 6) is 0.171. The van der Waals surface area contributed by atoms with Gasteiger partial charge in [0.1, 0.15) is 0 Å². The van der Waals surface area contributed by atoms with Crippen LogP contribution in [-0.2, 0) is 22.4 Å². The molecule has 0 atom stereocenters. The van der Waals surface area contributed by atoms with Crippen LogP contribution in [0.1, 0.15) is 32.0 Å². The third-order valence-corrected chi connectivity index (χ3v) is 2.29. The van der Waals surface area contributed by atoms with Gasteiger partial charge in [0.2, 0.25) is 11.8 Å². The molecule has 0 saturated heterocycles. The van der Waals surface area contributed by atoms with Crippen LogP contribution >= 0.6 is 0 Å². The summed E-state index contributed by atoms with van der Waals surface area (Å²) in [7, 11) is 1.60. The maximum Gasteiger partial charge on any atom is 0.303 e. The quantitative estimate of drug-likeness (QED) is 0.775. The molecule has 1 N–H and O–H groups in total. The SMILES string of the molecule is COCCc1nnc(CC(C)(C)CC(=O)O)o1. The minimum atomic E-state index is -0.825. The summed E-state index contributed by atoms with van der Waals surface area (Å²) < 4.78 is 10.3. The number of aliphatic carboxylic acids is 1. The minimum Gasteiger partial charge on any atom is -0.481 e. The lowest BCUT2D eigenvalue weighted by atomic mass is 9.86. The van der Waals surface area contributed by atoms with Crippen LogP contribution in [0.15, 0.2) is 4.42 Å². The number of carboxylic acid groups (broad SMARTS) is 1. The van der Waals surface area contributed by atoms with Crippen molar-refractivity contribution >= 4 is 5.97 Å². The summed E-state index contributed by atoms with van der Waals surface area (Å²) in [5, 5.41) is 16.5. The number of carbonyl (C=O) groups is 1. The molecule has 0 amide bonds. The van der Waals surface area contributed by atoms with Gasteiger partial charge in [-0.05, 0) is 5.41 Å². The molecule has 0 saturated carbocycles. The Kier molecular flexibility index (Phi) is 4.62. The summed E-state index contributed by atoms with van der Waals surface area (Å²) in [6, 6.07) is 0. The van der Waals surface area contributed by atoms with Gasteiger partial charge in [-0.15, -0.1) is 10.2 Å². The summed E-state index contributed by atoms with van der Waals surface area (Å²) >= 11 is 0. The van der Waals surface area contributed by atoms with Crippen molar-refractivity contribution in [3.63, 3.8) is 0 Å². The van der Waals surface area contributed by atoms with Gasteiger partial charge in [-0.1, -0.05) is 13.8 Å². The van der Waals surface area contributed by atoms with Crippen LogP contribution in [0.5, 0.6) is 0 Å². The van der Waals surface area contributed by atoms with Crippen LogP contribution in [-0.4, -0.2) is 35.0 Å². The summed E-state index contributed by atoms with van der Waals surface area (Å²) in [6.07, 6.45) is 1.10. The molecule has 17 heavy (non-hydrogen) atoms. The summed E-state index contributed by atoms with van der Waals surface area (Å²) in [6.45, 7) is 4.25. The molecule has 1 aromatic rings. The molecule has 0 fully saturated rings. The van der Waals surface area contributed by atoms with Gasteiger partial charge in [0, 0.05) is 20.0 Å². The number of methoxy groups -OCH3 is 1. The van der Waals surface area contributed by atoms with Crippen LogP contribution in [0.4, 0.5) is 0 Å². The molecule has 0 radical (unpaired) electrons. The number of hydrogen-bond donors (Lipinski definition) is 1. The number of aromatic nitrogens is 2. The highest BCUT2D eigenvalue weighted by Crippen LogP contribution is 2.25. The van der Waals surface area contributed by atoms with Crippen molar-refractivity contribution in [2.45, 2.75) is 33.1 Å². The molecule has 0 aliphatic rings. The van der Waals surface area contributed by atoms with E-state index >= 15 is 0 Å². The van der Waals surface area contributed by atoms with Gasteiger partial charge in [0.15, 0.2) is 0 Å². The Morgan fingerprint density at radius 1 is 1.41 bits per heavy atom. The van der Waals surface area contributed by atoms with Crippen molar-refractivity contribution in [1.82, 2.24) is 10.2 Å². The van der Waals surface area contributed by atoms with E-state index in [9.17, 15) is 4.79 Å². The van der Waals surface area contributed by atoms with Crippen LogP contribution in [0.3, 0.4) is 0 Å². The first-order chi connectivity index (χ1) is 7.93. The number of nitrogens with zero attached hydrogens (tertiary/aromatic N) is 2. The average Bonchev–Trinajstić information content (AvgIpc) is 2.59. The van der Waals surface area contributed by atoms with Gasteiger partial charge >= 0.3 is 5.97 Å². The molecular formula is C11H18N2O4. The van der Waals surface area contributed by atoms with Crippen LogP contribution in [0, 0.1) is 5.41 Å². The molecule has 96 valence electrons. The molecular weight excluding hydrogens is 224 g/mol. The summed E-state index contributed by atoms with van der Waals surface area (Å²) in [5.41, 5.74) is -0.392. The standard InChI is InChI=1S/C11H18N2O4/c1-11(2,7-10(14)15)6-9-13-12-8(17-9)4-5-16-3/h4-7H2,1-3H3,(H,14,15). The molecule has 6 heteroatoms. The van der Waals surface area contributed by atoms with E-state index in [1.807, 2.05) is 13.8 Å². The fraction of sp³-hybridized carbons (Fsp3) is 0.727. The highest BCUT2D eigenvalue weighted by atomic mass is 16.5. The van der Waals surface area contributed by atoms with Crippen molar-refractivity contribution < 1.29 is 19.1 Å². The minimum absolute atomic E-state index is 0.0722. The number of ether oxygens (including phenoxy) is 1. The maximum atomic E-state index is 10.7. The van der Waals surface area contributed by atoms with E-state index in [4.69, 9.17) is 14.3 Å². The van der Waals surface area contributed by atoms with Gasteiger partial charge < -0.3 is 14.3 Å². The summed E-state index contributed by atoms with van der Waals surface area (Å²) in [4.78, 5) is 10.7. The predicted octanol–water partition coefficient (Wildman–Crippen LogP) is 1.30. The van der Waals surface area contributed by atoms with Gasteiger partial charge in [0.25, 0.3) is 0 Å². The lowest BCUT2D eigenvalue weighted by Crippen LogP contribution is -2.19. The first-order valence-electron chi connectivity index (χ1n) is 5.45. The van der Waals surface area contributed by atoms with E-state index in [0.717, 1.165) is 0 Å². The van der Waals surface area contributed by atoms with Crippen molar-refractivity contribution in [3.8, 4) is 0 Å².